The molecule has 30 heavy (non-hydrogen) atoms. The minimum absolute atomic E-state index is 0.661. The molecule has 158 valence electrons. The average molecular weight is 476 g/mol. The molecule has 2 aromatic carbocycles. The molecule has 0 radical (unpaired) electrons. The van der Waals surface area contributed by atoms with Crippen LogP contribution in [0.2, 0.25) is 0 Å². The van der Waals surface area contributed by atoms with Crippen LogP contribution >= 0.6 is 15.9 Å². The molecular formula is C22H22BrNO6. The van der Waals surface area contributed by atoms with Gasteiger partial charge in [-0.15, -0.1) is 0 Å². The Morgan fingerprint density at radius 2 is 1.57 bits per heavy atom. The maximum absolute atomic E-state index is 9.10. The van der Waals surface area contributed by atoms with Crippen LogP contribution in [0.3, 0.4) is 0 Å². The highest BCUT2D eigenvalue weighted by atomic mass is 79.9. The van der Waals surface area contributed by atoms with Gasteiger partial charge in [0, 0.05) is 11.6 Å². The smallest absolute Gasteiger partial charge is 0.414 e. The minimum atomic E-state index is -1.82. The summed E-state index contributed by atoms with van der Waals surface area (Å²) in [6.07, 6.45) is 3.67. The molecule has 0 aliphatic rings. The van der Waals surface area contributed by atoms with Crippen LogP contribution < -0.4 is 9.47 Å². The number of hydrogen-bond donors (Lipinski definition) is 2. The largest absolute Gasteiger partial charge is 0.492 e. The number of nitrogens with zero attached hydrogens (tertiary/aromatic N) is 1. The van der Waals surface area contributed by atoms with Gasteiger partial charge in [-0.25, -0.2) is 9.59 Å². The second kappa shape index (κ2) is 11.8. The highest BCUT2D eigenvalue weighted by Gasteiger charge is 2.04. The van der Waals surface area contributed by atoms with Gasteiger partial charge in [0.05, 0.1) is 17.7 Å². The molecule has 0 atom stereocenters. The third-order valence-electron chi connectivity index (χ3n) is 3.92. The van der Waals surface area contributed by atoms with E-state index in [1.54, 1.807) is 6.20 Å². The van der Waals surface area contributed by atoms with Gasteiger partial charge in [-0.3, -0.25) is 4.98 Å². The lowest BCUT2D eigenvalue weighted by molar-refractivity contribution is -0.159. The van der Waals surface area contributed by atoms with E-state index in [0.717, 1.165) is 39.7 Å². The zero-order valence-corrected chi connectivity index (χ0v) is 18.0. The van der Waals surface area contributed by atoms with Gasteiger partial charge in [0.25, 0.3) is 0 Å². The number of unbranched alkanes of at least 4 members (excludes halogenated alkanes) is 1. The lowest BCUT2D eigenvalue weighted by Crippen LogP contribution is -2.09. The quantitative estimate of drug-likeness (QED) is 0.376. The van der Waals surface area contributed by atoms with Crippen LogP contribution in [0.1, 0.15) is 18.4 Å². The Bertz CT molecular complexity index is 991. The maximum atomic E-state index is 9.10. The van der Waals surface area contributed by atoms with E-state index in [4.69, 9.17) is 29.3 Å². The number of benzene rings is 2. The molecule has 7 nitrogen and oxygen atoms in total. The summed E-state index contributed by atoms with van der Waals surface area (Å²) >= 11 is 3.53. The molecule has 1 heterocycles. The molecular weight excluding hydrogens is 454 g/mol. The topological polar surface area (TPSA) is 106 Å². The van der Waals surface area contributed by atoms with Crippen molar-refractivity contribution >= 4 is 38.8 Å². The predicted octanol–water partition coefficient (Wildman–Crippen LogP) is 4.70. The Morgan fingerprint density at radius 1 is 0.933 bits per heavy atom. The highest BCUT2D eigenvalue weighted by Crippen LogP contribution is 2.26. The maximum Gasteiger partial charge on any atom is 0.414 e. The number of rotatable bonds is 7. The Balaban J connectivity index is 0.000000469. The number of aryl methyl sites for hydroxylation is 1. The summed E-state index contributed by atoms with van der Waals surface area (Å²) in [6, 6.07) is 16.1. The third-order valence-corrected chi connectivity index (χ3v) is 4.54. The first kappa shape index (κ1) is 23.2. The van der Waals surface area contributed by atoms with Crippen molar-refractivity contribution in [1.82, 2.24) is 4.98 Å². The second-order valence-corrected chi connectivity index (χ2v) is 7.13. The SMILES string of the molecule is Cc1ccc(OCCCCOc2cccc3cccnc23)c(Br)c1.O=C(O)C(=O)O. The van der Waals surface area contributed by atoms with Crippen molar-refractivity contribution < 1.29 is 29.3 Å². The van der Waals surface area contributed by atoms with Gasteiger partial charge in [0.2, 0.25) is 0 Å². The molecule has 0 saturated carbocycles. The van der Waals surface area contributed by atoms with Crippen molar-refractivity contribution in [1.29, 1.82) is 0 Å². The van der Waals surface area contributed by atoms with Gasteiger partial charge < -0.3 is 19.7 Å². The minimum Gasteiger partial charge on any atom is -0.492 e. The van der Waals surface area contributed by atoms with E-state index in [1.807, 2.05) is 36.4 Å². The van der Waals surface area contributed by atoms with Crippen LogP contribution in [0.25, 0.3) is 10.9 Å². The number of halogens is 1. The number of fused-ring (bicyclic) bond motifs is 1. The van der Waals surface area contributed by atoms with E-state index in [-0.39, 0.29) is 0 Å². The van der Waals surface area contributed by atoms with Gasteiger partial charge in [0.15, 0.2) is 0 Å². The molecule has 0 fully saturated rings. The zero-order valence-electron chi connectivity index (χ0n) is 16.4. The molecule has 3 aromatic rings. The Morgan fingerprint density at radius 3 is 2.20 bits per heavy atom. The summed E-state index contributed by atoms with van der Waals surface area (Å²) in [5.74, 6) is -1.92. The molecule has 0 aliphatic carbocycles. The Kier molecular flexibility index (Phi) is 9.08. The van der Waals surface area contributed by atoms with Crippen LogP contribution in [0.4, 0.5) is 0 Å². The molecule has 0 saturated heterocycles. The number of aromatic nitrogens is 1. The predicted molar refractivity (Wildman–Crippen MR) is 116 cm³/mol. The third kappa shape index (κ3) is 7.36. The fourth-order valence-electron chi connectivity index (χ4n) is 2.48. The normalized spacial score (nSPS) is 10.1. The molecule has 2 N–H and O–H groups in total. The number of carbonyl (C=O) groups is 2. The van der Waals surface area contributed by atoms with Crippen LogP contribution in [-0.2, 0) is 9.59 Å². The van der Waals surface area contributed by atoms with Gasteiger partial charge in [0.1, 0.15) is 17.0 Å². The number of ether oxygens (including phenoxy) is 2. The monoisotopic (exact) mass is 475 g/mol. The molecule has 0 spiro atoms. The first-order valence-corrected chi connectivity index (χ1v) is 9.99. The number of aliphatic carboxylic acids is 2. The van der Waals surface area contributed by atoms with Crippen LogP contribution in [0, 0.1) is 6.92 Å². The van der Waals surface area contributed by atoms with Gasteiger partial charge in [-0.05, 0) is 65.5 Å². The van der Waals surface area contributed by atoms with E-state index in [0.29, 0.717) is 13.2 Å². The molecule has 0 unspecified atom stereocenters. The number of hydrogen-bond acceptors (Lipinski definition) is 5. The number of carboxylic acid groups (broad SMARTS) is 2. The molecule has 0 bridgehead atoms. The molecule has 0 amide bonds. The number of para-hydroxylation sites is 1. The van der Waals surface area contributed by atoms with Crippen LogP contribution in [0.15, 0.2) is 59.2 Å². The first-order chi connectivity index (χ1) is 14.4. The van der Waals surface area contributed by atoms with Crippen molar-refractivity contribution in [2.24, 2.45) is 0 Å². The van der Waals surface area contributed by atoms with Crippen molar-refractivity contribution in [3.05, 3.63) is 64.8 Å². The van der Waals surface area contributed by atoms with E-state index in [2.05, 4.69) is 40.0 Å². The molecule has 3 rings (SSSR count). The summed E-state index contributed by atoms with van der Waals surface area (Å²) < 4.78 is 12.7. The standard InChI is InChI=1S/C20H20BrNO2.C2H2O4/c1-15-9-10-18(17(21)14-15)23-12-2-3-13-24-19-8-4-6-16-7-5-11-22-20(16)19;3-1(4)2(5)6/h4-11,14H,2-3,12-13H2,1H3;(H,3,4)(H,5,6). The van der Waals surface area contributed by atoms with Crippen molar-refractivity contribution in [2.45, 2.75) is 19.8 Å². The van der Waals surface area contributed by atoms with Crippen molar-refractivity contribution in [3.8, 4) is 11.5 Å². The zero-order chi connectivity index (χ0) is 21.9. The van der Waals surface area contributed by atoms with Gasteiger partial charge in [-0.1, -0.05) is 24.3 Å². The fraction of sp³-hybridized carbons (Fsp3) is 0.227. The fourth-order valence-corrected chi connectivity index (χ4v) is 3.09. The summed E-state index contributed by atoms with van der Waals surface area (Å²) in [7, 11) is 0. The van der Waals surface area contributed by atoms with Crippen molar-refractivity contribution in [2.75, 3.05) is 13.2 Å². The Labute approximate surface area is 182 Å². The number of pyridine rings is 1. The molecule has 8 heteroatoms. The van der Waals surface area contributed by atoms with Crippen LogP contribution in [0.5, 0.6) is 11.5 Å². The van der Waals surface area contributed by atoms with E-state index in [9.17, 15) is 0 Å². The lowest BCUT2D eigenvalue weighted by atomic mass is 10.2. The average Bonchev–Trinajstić information content (AvgIpc) is 2.72. The second-order valence-electron chi connectivity index (χ2n) is 6.28. The van der Waals surface area contributed by atoms with E-state index >= 15 is 0 Å². The first-order valence-electron chi connectivity index (χ1n) is 9.20. The highest BCUT2D eigenvalue weighted by molar-refractivity contribution is 9.10. The summed E-state index contributed by atoms with van der Waals surface area (Å²) in [5, 5.41) is 15.9. The summed E-state index contributed by atoms with van der Waals surface area (Å²) in [6.45, 7) is 3.40. The summed E-state index contributed by atoms with van der Waals surface area (Å²) in [5.41, 5.74) is 2.13. The Hall–Kier alpha value is -3.13. The van der Waals surface area contributed by atoms with E-state index in [1.165, 1.54) is 5.56 Å². The molecule has 0 aliphatic heterocycles. The number of carboxylic acids is 2. The van der Waals surface area contributed by atoms with Gasteiger partial charge in [-0.2, -0.15) is 0 Å². The van der Waals surface area contributed by atoms with E-state index < -0.39 is 11.9 Å². The van der Waals surface area contributed by atoms with Crippen molar-refractivity contribution in [3.63, 3.8) is 0 Å². The summed E-state index contributed by atoms with van der Waals surface area (Å²) in [4.78, 5) is 22.6. The molecule has 1 aromatic heterocycles. The van der Waals surface area contributed by atoms with Crippen LogP contribution in [-0.4, -0.2) is 40.3 Å². The lowest BCUT2D eigenvalue weighted by Gasteiger charge is -2.10. The van der Waals surface area contributed by atoms with Gasteiger partial charge >= 0.3 is 11.9 Å².